The van der Waals surface area contributed by atoms with Crippen molar-refractivity contribution < 1.29 is 4.79 Å². The van der Waals surface area contributed by atoms with Gasteiger partial charge in [-0.25, -0.2) is 0 Å². The maximum Gasteiger partial charge on any atom is 0.248 e. The summed E-state index contributed by atoms with van der Waals surface area (Å²) in [5.74, 6) is 0.0260. The molecule has 0 saturated heterocycles. The van der Waals surface area contributed by atoms with E-state index < -0.39 is 0 Å². The van der Waals surface area contributed by atoms with Crippen LogP contribution in [0, 0.1) is 0 Å². The quantitative estimate of drug-likeness (QED) is 0.556. The first-order valence-corrected chi connectivity index (χ1v) is 6.39. The van der Waals surface area contributed by atoms with Gasteiger partial charge in [-0.3, -0.25) is 4.79 Å². The third-order valence-electron chi connectivity index (χ3n) is 2.43. The van der Waals surface area contributed by atoms with E-state index in [-0.39, 0.29) is 11.9 Å². The Balaban J connectivity index is 4.20. The SMILES string of the molecule is C/C=C\C=C/CC(C)NC(=O)/C(=C/C)CN(C)C. The molecule has 0 aliphatic rings. The molecule has 1 atom stereocenters. The molecule has 0 heterocycles. The molecule has 0 radical (unpaired) electrons. The second-order valence-electron chi connectivity index (χ2n) is 4.62. The van der Waals surface area contributed by atoms with Crippen molar-refractivity contribution in [2.24, 2.45) is 0 Å². The Hall–Kier alpha value is -1.35. The fraction of sp³-hybridized carbons (Fsp3) is 0.533. The van der Waals surface area contributed by atoms with Gasteiger partial charge in [-0.2, -0.15) is 0 Å². The second-order valence-corrected chi connectivity index (χ2v) is 4.62. The monoisotopic (exact) mass is 250 g/mol. The minimum absolute atomic E-state index is 0.0260. The van der Waals surface area contributed by atoms with Crippen LogP contribution in [0.25, 0.3) is 0 Å². The fourth-order valence-electron chi connectivity index (χ4n) is 1.48. The van der Waals surface area contributed by atoms with Crippen LogP contribution in [0.2, 0.25) is 0 Å². The highest BCUT2D eigenvalue weighted by Crippen LogP contribution is 2.00. The maximum atomic E-state index is 12.0. The van der Waals surface area contributed by atoms with E-state index in [4.69, 9.17) is 0 Å². The van der Waals surface area contributed by atoms with Crippen molar-refractivity contribution in [3.8, 4) is 0 Å². The topological polar surface area (TPSA) is 32.3 Å². The summed E-state index contributed by atoms with van der Waals surface area (Å²) in [5.41, 5.74) is 0.810. The molecule has 0 aromatic heterocycles. The average molecular weight is 250 g/mol. The predicted octanol–water partition coefficient (Wildman–Crippen LogP) is 2.52. The Kier molecular flexibility index (Phi) is 8.93. The molecular formula is C15H26N2O. The molecule has 0 bridgehead atoms. The fourth-order valence-corrected chi connectivity index (χ4v) is 1.48. The van der Waals surface area contributed by atoms with Gasteiger partial charge in [0.05, 0.1) is 0 Å². The molecule has 0 aliphatic heterocycles. The second kappa shape index (κ2) is 9.66. The number of rotatable bonds is 7. The van der Waals surface area contributed by atoms with Crippen LogP contribution in [0.5, 0.6) is 0 Å². The summed E-state index contributed by atoms with van der Waals surface area (Å²) in [6.45, 7) is 6.56. The van der Waals surface area contributed by atoms with Gasteiger partial charge in [-0.05, 0) is 41.3 Å². The summed E-state index contributed by atoms with van der Waals surface area (Å²) in [6.07, 6.45) is 10.7. The van der Waals surface area contributed by atoms with E-state index in [0.29, 0.717) is 6.54 Å². The van der Waals surface area contributed by atoms with E-state index in [1.54, 1.807) is 0 Å². The van der Waals surface area contributed by atoms with Gasteiger partial charge in [0.1, 0.15) is 0 Å². The Bertz CT molecular complexity index is 327. The summed E-state index contributed by atoms with van der Waals surface area (Å²) in [4.78, 5) is 14.0. The molecule has 0 spiro atoms. The highest BCUT2D eigenvalue weighted by molar-refractivity contribution is 5.93. The van der Waals surface area contributed by atoms with Crippen LogP contribution in [-0.2, 0) is 4.79 Å². The van der Waals surface area contributed by atoms with E-state index in [9.17, 15) is 4.79 Å². The Labute approximate surface area is 111 Å². The number of carbonyl (C=O) groups excluding carboxylic acids is 1. The first-order valence-electron chi connectivity index (χ1n) is 6.39. The summed E-state index contributed by atoms with van der Waals surface area (Å²) in [7, 11) is 3.92. The Morgan fingerprint density at radius 3 is 2.44 bits per heavy atom. The van der Waals surface area contributed by atoms with Gasteiger partial charge in [0.15, 0.2) is 0 Å². The van der Waals surface area contributed by atoms with E-state index >= 15 is 0 Å². The molecule has 0 saturated carbocycles. The van der Waals surface area contributed by atoms with Crippen LogP contribution in [0.1, 0.15) is 27.2 Å². The molecule has 1 N–H and O–H groups in total. The van der Waals surface area contributed by atoms with Gasteiger partial charge in [0.25, 0.3) is 0 Å². The van der Waals surface area contributed by atoms with Crippen molar-refractivity contribution in [1.82, 2.24) is 10.2 Å². The average Bonchev–Trinajstić information content (AvgIpc) is 2.31. The van der Waals surface area contributed by atoms with Gasteiger partial charge in [0, 0.05) is 18.2 Å². The number of hydrogen-bond donors (Lipinski definition) is 1. The molecule has 102 valence electrons. The number of allylic oxidation sites excluding steroid dienone is 4. The molecule has 0 aromatic rings. The summed E-state index contributed by atoms with van der Waals surface area (Å²) < 4.78 is 0. The lowest BCUT2D eigenvalue weighted by molar-refractivity contribution is -0.118. The highest BCUT2D eigenvalue weighted by atomic mass is 16.1. The molecule has 0 rings (SSSR count). The predicted molar refractivity (Wildman–Crippen MR) is 78.5 cm³/mol. The van der Waals surface area contributed by atoms with Crippen molar-refractivity contribution in [3.63, 3.8) is 0 Å². The van der Waals surface area contributed by atoms with Crippen molar-refractivity contribution in [3.05, 3.63) is 36.0 Å². The third kappa shape index (κ3) is 7.85. The number of hydrogen-bond acceptors (Lipinski definition) is 2. The van der Waals surface area contributed by atoms with E-state index in [2.05, 4.69) is 11.4 Å². The zero-order chi connectivity index (χ0) is 14.0. The minimum Gasteiger partial charge on any atom is -0.350 e. The van der Waals surface area contributed by atoms with Crippen LogP contribution in [-0.4, -0.2) is 37.5 Å². The number of amides is 1. The van der Waals surface area contributed by atoms with Crippen LogP contribution < -0.4 is 5.32 Å². The molecule has 0 fully saturated rings. The lowest BCUT2D eigenvalue weighted by Gasteiger charge is -2.16. The normalized spacial score (nSPS) is 14.7. The number of nitrogens with one attached hydrogen (secondary N) is 1. The summed E-state index contributed by atoms with van der Waals surface area (Å²) >= 11 is 0. The molecule has 3 nitrogen and oxygen atoms in total. The Morgan fingerprint density at radius 2 is 1.94 bits per heavy atom. The zero-order valence-corrected chi connectivity index (χ0v) is 12.2. The third-order valence-corrected chi connectivity index (χ3v) is 2.43. The standard InChI is InChI=1S/C15H26N2O/c1-6-8-9-10-11-13(3)16-15(18)14(7-2)12-17(4)5/h6-10,13H,11-12H2,1-5H3,(H,16,18)/b8-6-,10-9-,14-7+. The van der Waals surface area contributed by atoms with E-state index in [1.165, 1.54) is 0 Å². The van der Waals surface area contributed by atoms with Crippen molar-refractivity contribution in [2.75, 3.05) is 20.6 Å². The molecule has 18 heavy (non-hydrogen) atoms. The lowest BCUT2D eigenvalue weighted by Crippen LogP contribution is -2.35. The first-order chi connectivity index (χ1) is 8.51. The van der Waals surface area contributed by atoms with Crippen molar-refractivity contribution >= 4 is 5.91 Å². The van der Waals surface area contributed by atoms with Gasteiger partial charge in [0.2, 0.25) is 5.91 Å². The van der Waals surface area contributed by atoms with Gasteiger partial charge in [-0.15, -0.1) is 0 Å². The minimum atomic E-state index is 0.0260. The lowest BCUT2D eigenvalue weighted by atomic mass is 10.1. The number of carbonyl (C=O) groups is 1. The largest absolute Gasteiger partial charge is 0.350 e. The maximum absolute atomic E-state index is 12.0. The van der Waals surface area contributed by atoms with Gasteiger partial charge < -0.3 is 10.2 Å². The van der Waals surface area contributed by atoms with Gasteiger partial charge in [-0.1, -0.05) is 30.4 Å². The molecule has 1 unspecified atom stereocenters. The van der Waals surface area contributed by atoms with Crippen LogP contribution in [0.3, 0.4) is 0 Å². The van der Waals surface area contributed by atoms with Crippen LogP contribution >= 0.6 is 0 Å². The molecule has 3 heteroatoms. The van der Waals surface area contributed by atoms with Crippen LogP contribution in [0.4, 0.5) is 0 Å². The van der Waals surface area contributed by atoms with E-state index in [0.717, 1.165) is 12.0 Å². The number of likely N-dealkylation sites (N-methyl/N-ethyl adjacent to an activating group) is 1. The van der Waals surface area contributed by atoms with Crippen LogP contribution in [0.15, 0.2) is 36.0 Å². The Morgan fingerprint density at radius 1 is 1.28 bits per heavy atom. The van der Waals surface area contributed by atoms with Crippen molar-refractivity contribution in [2.45, 2.75) is 33.2 Å². The molecule has 1 amide bonds. The molecule has 0 aromatic carbocycles. The first kappa shape index (κ1) is 16.6. The van der Waals surface area contributed by atoms with Crippen molar-refractivity contribution in [1.29, 1.82) is 0 Å². The molecule has 0 aliphatic carbocycles. The molecular weight excluding hydrogens is 224 g/mol. The smallest absolute Gasteiger partial charge is 0.248 e. The highest BCUT2D eigenvalue weighted by Gasteiger charge is 2.11. The zero-order valence-electron chi connectivity index (χ0n) is 12.2. The summed E-state index contributed by atoms with van der Waals surface area (Å²) in [6, 6.07) is 0.149. The van der Waals surface area contributed by atoms with E-state index in [1.807, 2.05) is 64.1 Å². The van der Waals surface area contributed by atoms with Gasteiger partial charge >= 0.3 is 0 Å². The summed E-state index contributed by atoms with van der Waals surface area (Å²) in [5, 5.41) is 3.00. The number of nitrogens with zero attached hydrogens (tertiary/aromatic N) is 1.